The second kappa shape index (κ2) is 6.65. The highest BCUT2D eigenvalue weighted by Gasteiger charge is 2.13. The molecule has 0 saturated carbocycles. The van der Waals surface area contributed by atoms with Gasteiger partial charge in [-0.2, -0.15) is 5.26 Å². The molecule has 96 valence electrons. The number of esters is 1. The van der Waals surface area contributed by atoms with Gasteiger partial charge in [0, 0.05) is 12.2 Å². The molecule has 4 nitrogen and oxygen atoms in total. The lowest BCUT2D eigenvalue weighted by Crippen LogP contribution is -2.31. The lowest BCUT2D eigenvalue weighted by atomic mass is 10.1. The van der Waals surface area contributed by atoms with Crippen LogP contribution in [-0.2, 0) is 9.53 Å². The van der Waals surface area contributed by atoms with Gasteiger partial charge in [-0.25, -0.2) is 0 Å². The quantitative estimate of drug-likeness (QED) is 0.748. The van der Waals surface area contributed by atoms with Crippen molar-refractivity contribution in [3.05, 3.63) is 29.3 Å². The van der Waals surface area contributed by atoms with E-state index in [0.717, 1.165) is 24.2 Å². The summed E-state index contributed by atoms with van der Waals surface area (Å²) in [4.78, 5) is 13.4. The second-order valence-electron chi connectivity index (χ2n) is 4.11. The lowest BCUT2D eigenvalue weighted by molar-refractivity contribution is -0.138. The molecule has 0 saturated heterocycles. The molecule has 0 aliphatic heterocycles. The maximum absolute atomic E-state index is 11.4. The number of aryl methyl sites for hydroxylation is 1. The minimum atomic E-state index is -0.257. The Morgan fingerprint density at radius 3 is 2.72 bits per heavy atom. The van der Waals surface area contributed by atoms with Gasteiger partial charge in [0.15, 0.2) is 0 Å². The molecular formula is C14H18N2O2. The predicted octanol–water partition coefficient (Wildman–Crippen LogP) is 2.26. The molecular weight excluding hydrogens is 228 g/mol. The molecule has 1 aromatic rings. The molecule has 18 heavy (non-hydrogen) atoms. The fourth-order valence-corrected chi connectivity index (χ4v) is 1.85. The lowest BCUT2D eigenvalue weighted by Gasteiger charge is -2.24. The van der Waals surface area contributed by atoms with E-state index in [2.05, 4.69) is 13.0 Å². The number of rotatable bonds is 5. The van der Waals surface area contributed by atoms with Gasteiger partial charge in [0.2, 0.25) is 0 Å². The summed E-state index contributed by atoms with van der Waals surface area (Å²) in [5.41, 5.74) is 2.60. The number of methoxy groups -OCH3 is 1. The first kappa shape index (κ1) is 14.0. The van der Waals surface area contributed by atoms with Gasteiger partial charge < -0.3 is 9.64 Å². The van der Waals surface area contributed by atoms with Crippen LogP contribution in [0.2, 0.25) is 0 Å². The van der Waals surface area contributed by atoms with Gasteiger partial charge in [0.1, 0.15) is 6.54 Å². The Morgan fingerprint density at radius 1 is 1.50 bits per heavy atom. The molecule has 0 aliphatic carbocycles. The average Bonchev–Trinajstić information content (AvgIpc) is 2.38. The molecule has 0 bridgehead atoms. The molecule has 1 aromatic carbocycles. The van der Waals surface area contributed by atoms with Gasteiger partial charge in [0.05, 0.1) is 18.7 Å². The monoisotopic (exact) mass is 246 g/mol. The van der Waals surface area contributed by atoms with Crippen LogP contribution < -0.4 is 4.90 Å². The molecule has 0 radical (unpaired) electrons. The SMILES string of the molecule is CCCN(CC(=O)OC)c1ccc(C#N)cc1C. The van der Waals surface area contributed by atoms with E-state index in [9.17, 15) is 4.79 Å². The van der Waals surface area contributed by atoms with E-state index in [1.165, 1.54) is 7.11 Å². The summed E-state index contributed by atoms with van der Waals surface area (Å²) < 4.78 is 4.70. The minimum Gasteiger partial charge on any atom is -0.468 e. The van der Waals surface area contributed by atoms with Gasteiger partial charge in [-0.1, -0.05) is 6.92 Å². The maximum atomic E-state index is 11.4. The maximum Gasteiger partial charge on any atom is 0.325 e. The number of nitrogens with zero attached hydrogens (tertiary/aromatic N) is 2. The van der Waals surface area contributed by atoms with Crippen molar-refractivity contribution in [3.8, 4) is 6.07 Å². The third-order valence-electron chi connectivity index (χ3n) is 2.71. The van der Waals surface area contributed by atoms with E-state index in [4.69, 9.17) is 10.00 Å². The molecule has 0 spiro atoms. The first-order valence-corrected chi connectivity index (χ1v) is 5.94. The van der Waals surface area contributed by atoms with Gasteiger partial charge in [-0.05, 0) is 37.1 Å². The number of hydrogen-bond donors (Lipinski definition) is 0. The molecule has 0 N–H and O–H groups in total. The van der Waals surface area contributed by atoms with Crippen molar-refractivity contribution >= 4 is 11.7 Å². The highest BCUT2D eigenvalue weighted by molar-refractivity contribution is 5.76. The number of carbonyl (C=O) groups is 1. The molecule has 0 unspecified atom stereocenters. The van der Waals surface area contributed by atoms with E-state index in [0.29, 0.717) is 5.56 Å². The van der Waals surface area contributed by atoms with E-state index in [-0.39, 0.29) is 12.5 Å². The molecule has 0 aliphatic rings. The molecule has 0 amide bonds. The summed E-state index contributed by atoms with van der Waals surface area (Å²) in [7, 11) is 1.39. The zero-order chi connectivity index (χ0) is 13.5. The Morgan fingerprint density at radius 2 is 2.22 bits per heavy atom. The number of ether oxygens (including phenoxy) is 1. The first-order valence-electron chi connectivity index (χ1n) is 5.94. The van der Waals surface area contributed by atoms with Crippen LogP contribution in [0.1, 0.15) is 24.5 Å². The van der Waals surface area contributed by atoms with Crippen LogP contribution in [0.5, 0.6) is 0 Å². The largest absolute Gasteiger partial charge is 0.468 e. The summed E-state index contributed by atoms with van der Waals surface area (Å²) in [5.74, 6) is -0.257. The van der Waals surface area contributed by atoms with Crippen LogP contribution in [0, 0.1) is 18.3 Å². The van der Waals surface area contributed by atoms with E-state index >= 15 is 0 Å². The van der Waals surface area contributed by atoms with Gasteiger partial charge >= 0.3 is 5.97 Å². The van der Waals surface area contributed by atoms with E-state index < -0.39 is 0 Å². The van der Waals surface area contributed by atoms with Crippen LogP contribution in [0.3, 0.4) is 0 Å². The molecule has 0 fully saturated rings. The van der Waals surface area contributed by atoms with E-state index in [1.54, 1.807) is 6.07 Å². The van der Waals surface area contributed by atoms with Crippen molar-refractivity contribution in [1.82, 2.24) is 0 Å². The summed E-state index contributed by atoms with van der Waals surface area (Å²) >= 11 is 0. The molecule has 1 rings (SSSR count). The number of nitriles is 1. The normalized spacial score (nSPS) is 9.67. The van der Waals surface area contributed by atoms with Crippen molar-refractivity contribution in [2.45, 2.75) is 20.3 Å². The standard InChI is InChI=1S/C14H18N2O2/c1-4-7-16(10-14(17)18-3)13-6-5-12(9-15)8-11(13)2/h5-6,8H,4,7,10H2,1-3H3. The Labute approximate surface area is 108 Å². The average molecular weight is 246 g/mol. The highest BCUT2D eigenvalue weighted by Crippen LogP contribution is 2.21. The number of hydrogen-bond acceptors (Lipinski definition) is 4. The van der Waals surface area contributed by atoms with Gasteiger partial charge in [-0.3, -0.25) is 4.79 Å². The smallest absolute Gasteiger partial charge is 0.325 e. The van der Waals surface area contributed by atoms with Crippen LogP contribution in [0.15, 0.2) is 18.2 Å². The summed E-state index contributed by atoms with van der Waals surface area (Å²) in [6, 6.07) is 7.58. The summed E-state index contributed by atoms with van der Waals surface area (Å²) in [6.45, 7) is 5.01. The van der Waals surface area contributed by atoms with Crippen molar-refractivity contribution in [2.75, 3.05) is 25.1 Å². The second-order valence-corrected chi connectivity index (χ2v) is 4.11. The third-order valence-corrected chi connectivity index (χ3v) is 2.71. The molecule has 0 atom stereocenters. The Hall–Kier alpha value is -2.02. The fourth-order valence-electron chi connectivity index (χ4n) is 1.85. The van der Waals surface area contributed by atoms with Crippen molar-refractivity contribution in [3.63, 3.8) is 0 Å². The molecule has 0 aromatic heterocycles. The Bertz CT molecular complexity index is 463. The van der Waals surface area contributed by atoms with Gasteiger partial charge in [0.25, 0.3) is 0 Å². The Kier molecular flexibility index (Phi) is 5.19. The van der Waals surface area contributed by atoms with Crippen LogP contribution >= 0.6 is 0 Å². The van der Waals surface area contributed by atoms with Crippen molar-refractivity contribution < 1.29 is 9.53 Å². The topological polar surface area (TPSA) is 53.3 Å². The van der Waals surface area contributed by atoms with Crippen LogP contribution in [-0.4, -0.2) is 26.2 Å². The highest BCUT2D eigenvalue weighted by atomic mass is 16.5. The Balaban J connectivity index is 2.98. The number of carbonyl (C=O) groups excluding carboxylic acids is 1. The van der Waals surface area contributed by atoms with Crippen molar-refractivity contribution in [1.29, 1.82) is 5.26 Å². The zero-order valence-corrected chi connectivity index (χ0v) is 11.1. The summed E-state index contributed by atoms with van der Waals surface area (Å²) in [5, 5.41) is 8.84. The predicted molar refractivity (Wildman–Crippen MR) is 70.4 cm³/mol. The molecule has 0 heterocycles. The first-order chi connectivity index (χ1) is 8.62. The fraction of sp³-hybridized carbons (Fsp3) is 0.429. The molecule has 4 heteroatoms. The minimum absolute atomic E-state index is 0.233. The number of benzene rings is 1. The number of anilines is 1. The van der Waals surface area contributed by atoms with Crippen LogP contribution in [0.4, 0.5) is 5.69 Å². The third kappa shape index (κ3) is 3.49. The zero-order valence-electron chi connectivity index (χ0n) is 11.1. The summed E-state index contributed by atoms with van der Waals surface area (Å²) in [6.07, 6.45) is 0.941. The van der Waals surface area contributed by atoms with Crippen LogP contribution in [0.25, 0.3) is 0 Å². The van der Waals surface area contributed by atoms with E-state index in [1.807, 2.05) is 24.0 Å². The van der Waals surface area contributed by atoms with Crippen molar-refractivity contribution in [2.24, 2.45) is 0 Å². The van der Waals surface area contributed by atoms with Gasteiger partial charge in [-0.15, -0.1) is 0 Å².